The second kappa shape index (κ2) is 6.72. The molecule has 1 amide bonds. The maximum Gasteiger partial charge on any atom is 0.308 e. The second-order valence-electron chi connectivity index (χ2n) is 6.09. The van der Waals surface area contributed by atoms with Gasteiger partial charge in [0, 0.05) is 19.5 Å². The Bertz CT molecular complexity index is 383. The van der Waals surface area contributed by atoms with Gasteiger partial charge in [0.05, 0.1) is 19.4 Å². The van der Waals surface area contributed by atoms with E-state index in [0.717, 1.165) is 0 Å². The molecule has 20 heavy (non-hydrogen) atoms. The van der Waals surface area contributed by atoms with Crippen LogP contribution in [0.3, 0.4) is 0 Å². The molecular formula is C14H23NO5. The van der Waals surface area contributed by atoms with Gasteiger partial charge in [-0.1, -0.05) is 13.8 Å². The van der Waals surface area contributed by atoms with Gasteiger partial charge in [-0.05, 0) is 18.3 Å². The van der Waals surface area contributed by atoms with Gasteiger partial charge in [0.15, 0.2) is 0 Å². The third kappa shape index (κ3) is 4.83. The molecule has 6 heteroatoms. The zero-order chi connectivity index (χ0) is 15.3. The average Bonchev–Trinajstić information content (AvgIpc) is 2.35. The third-order valence-electron chi connectivity index (χ3n) is 3.64. The molecule has 1 heterocycles. The summed E-state index contributed by atoms with van der Waals surface area (Å²) in [5.41, 5.74) is -0.553. The molecule has 0 bridgehead atoms. The van der Waals surface area contributed by atoms with E-state index in [1.165, 1.54) is 7.11 Å². The summed E-state index contributed by atoms with van der Waals surface area (Å²) >= 11 is 0. The molecule has 0 radical (unpaired) electrons. The van der Waals surface area contributed by atoms with E-state index in [0.29, 0.717) is 25.9 Å². The molecule has 1 rings (SSSR count). The first-order valence-electron chi connectivity index (χ1n) is 6.82. The van der Waals surface area contributed by atoms with Crippen molar-refractivity contribution >= 4 is 17.8 Å². The predicted octanol–water partition coefficient (Wildman–Crippen LogP) is 1.29. The molecule has 1 fully saturated rings. The molecule has 0 aromatic carbocycles. The van der Waals surface area contributed by atoms with Crippen molar-refractivity contribution in [1.29, 1.82) is 0 Å². The van der Waals surface area contributed by atoms with Gasteiger partial charge >= 0.3 is 11.9 Å². The molecule has 1 N–H and O–H groups in total. The number of hydrogen-bond donors (Lipinski definition) is 1. The number of nitrogens with zero attached hydrogens (tertiary/aromatic N) is 1. The van der Waals surface area contributed by atoms with Gasteiger partial charge in [-0.2, -0.15) is 0 Å². The van der Waals surface area contributed by atoms with Crippen molar-refractivity contribution in [3.8, 4) is 0 Å². The zero-order valence-electron chi connectivity index (χ0n) is 12.3. The highest BCUT2D eigenvalue weighted by molar-refractivity contribution is 5.79. The number of methoxy groups -OCH3 is 1. The fraction of sp³-hybridized carbons (Fsp3) is 0.786. The smallest absolute Gasteiger partial charge is 0.308 e. The molecule has 1 saturated heterocycles. The second-order valence-corrected chi connectivity index (χ2v) is 6.09. The van der Waals surface area contributed by atoms with Crippen LogP contribution < -0.4 is 0 Å². The third-order valence-corrected chi connectivity index (χ3v) is 3.64. The first kappa shape index (κ1) is 16.5. The van der Waals surface area contributed by atoms with Crippen molar-refractivity contribution in [3.05, 3.63) is 0 Å². The summed E-state index contributed by atoms with van der Waals surface area (Å²) in [6.07, 6.45) is 1.40. The number of esters is 1. The van der Waals surface area contributed by atoms with Crippen LogP contribution >= 0.6 is 0 Å². The van der Waals surface area contributed by atoms with Gasteiger partial charge < -0.3 is 14.7 Å². The first-order valence-corrected chi connectivity index (χ1v) is 6.82. The number of rotatable bonds is 5. The van der Waals surface area contributed by atoms with Gasteiger partial charge in [-0.15, -0.1) is 0 Å². The van der Waals surface area contributed by atoms with Crippen LogP contribution in [0.4, 0.5) is 0 Å². The molecule has 0 spiro atoms. The minimum Gasteiger partial charge on any atom is -0.481 e. The predicted molar refractivity (Wildman–Crippen MR) is 72.0 cm³/mol. The molecule has 114 valence electrons. The lowest BCUT2D eigenvalue weighted by Crippen LogP contribution is -2.42. The van der Waals surface area contributed by atoms with Crippen molar-refractivity contribution in [2.24, 2.45) is 11.3 Å². The highest BCUT2D eigenvalue weighted by Crippen LogP contribution is 2.27. The Labute approximate surface area is 119 Å². The number of aliphatic carboxylic acids is 1. The van der Waals surface area contributed by atoms with Crippen LogP contribution in [-0.2, 0) is 19.1 Å². The highest BCUT2D eigenvalue weighted by atomic mass is 16.5. The first-order chi connectivity index (χ1) is 9.25. The summed E-state index contributed by atoms with van der Waals surface area (Å²) in [5, 5.41) is 8.82. The number of carbonyl (C=O) groups excluding carboxylic acids is 2. The van der Waals surface area contributed by atoms with Crippen LogP contribution in [0.25, 0.3) is 0 Å². The van der Waals surface area contributed by atoms with Crippen LogP contribution in [-0.4, -0.2) is 48.1 Å². The molecule has 1 aliphatic heterocycles. The van der Waals surface area contributed by atoms with E-state index >= 15 is 0 Å². The van der Waals surface area contributed by atoms with E-state index in [-0.39, 0.29) is 30.6 Å². The summed E-state index contributed by atoms with van der Waals surface area (Å²) in [6.45, 7) is 4.62. The largest absolute Gasteiger partial charge is 0.481 e. The highest BCUT2D eigenvalue weighted by Gasteiger charge is 2.31. The van der Waals surface area contributed by atoms with E-state index in [1.54, 1.807) is 18.7 Å². The van der Waals surface area contributed by atoms with Crippen molar-refractivity contribution in [1.82, 2.24) is 4.90 Å². The quantitative estimate of drug-likeness (QED) is 0.769. The Hall–Kier alpha value is -1.59. The number of carboxylic acids is 1. The molecule has 0 saturated carbocycles. The SMILES string of the molecule is COC(=O)C1CCN(C(=O)CC(C)(C)CC(=O)O)CC1. The van der Waals surface area contributed by atoms with Gasteiger partial charge in [-0.25, -0.2) is 0 Å². The Kier molecular flexibility index (Phi) is 5.53. The lowest BCUT2D eigenvalue weighted by Gasteiger charge is -2.33. The lowest BCUT2D eigenvalue weighted by atomic mass is 9.84. The van der Waals surface area contributed by atoms with Crippen molar-refractivity contribution < 1.29 is 24.2 Å². The molecule has 6 nitrogen and oxygen atoms in total. The van der Waals surface area contributed by atoms with E-state index in [9.17, 15) is 14.4 Å². The average molecular weight is 285 g/mol. The fourth-order valence-corrected chi connectivity index (χ4v) is 2.52. The summed E-state index contributed by atoms with van der Waals surface area (Å²) in [5.74, 6) is -1.29. The van der Waals surface area contributed by atoms with Gasteiger partial charge in [-0.3, -0.25) is 14.4 Å². The van der Waals surface area contributed by atoms with Crippen LogP contribution in [0, 0.1) is 11.3 Å². The van der Waals surface area contributed by atoms with Gasteiger partial charge in [0.25, 0.3) is 0 Å². The van der Waals surface area contributed by atoms with Crippen LogP contribution in [0.2, 0.25) is 0 Å². The number of hydrogen-bond acceptors (Lipinski definition) is 4. The fourth-order valence-electron chi connectivity index (χ4n) is 2.52. The van der Waals surface area contributed by atoms with E-state index in [4.69, 9.17) is 9.84 Å². The van der Waals surface area contributed by atoms with E-state index < -0.39 is 11.4 Å². The number of ether oxygens (including phenoxy) is 1. The van der Waals surface area contributed by atoms with Crippen LogP contribution in [0.1, 0.15) is 39.5 Å². The lowest BCUT2D eigenvalue weighted by molar-refractivity contribution is -0.149. The summed E-state index contributed by atoms with van der Waals surface area (Å²) in [4.78, 5) is 36.0. The molecule has 0 aromatic heterocycles. The van der Waals surface area contributed by atoms with E-state index in [1.807, 2.05) is 0 Å². The van der Waals surface area contributed by atoms with Crippen molar-refractivity contribution in [2.75, 3.05) is 20.2 Å². The van der Waals surface area contributed by atoms with Crippen LogP contribution in [0.5, 0.6) is 0 Å². The summed E-state index contributed by atoms with van der Waals surface area (Å²) in [7, 11) is 1.37. The van der Waals surface area contributed by atoms with Crippen molar-refractivity contribution in [2.45, 2.75) is 39.5 Å². The number of carbonyl (C=O) groups is 3. The maximum atomic E-state index is 12.2. The minimum atomic E-state index is -0.896. The standard InChI is InChI=1S/C14H23NO5/c1-14(2,9-12(17)18)8-11(16)15-6-4-10(5-7-15)13(19)20-3/h10H,4-9H2,1-3H3,(H,17,18). The minimum absolute atomic E-state index is 0.0304. The van der Waals surface area contributed by atoms with Crippen LogP contribution in [0.15, 0.2) is 0 Å². The number of amides is 1. The van der Waals surface area contributed by atoms with Crippen molar-refractivity contribution in [3.63, 3.8) is 0 Å². The topological polar surface area (TPSA) is 83.9 Å². The maximum absolute atomic E-state index is 12.2. The molecular weight excluding hydrogens is 262 g/mol. The van der Waals surface area contributed by atoms with Gasteiger partial charge in [0.1, 0.15) is 0 Å². The number of piperidine rings is 1. The number of carboxylic acid groups (broad SMARTS) is 1. The van der Waals surface area contributed by atoms with Gasteiger partial charge in [0.2, 0.25) is 5.91 Å². The Morgan fingerprint density at radius 3 is 2.20 bits per heavy atom. The molecule has 0 aliphatic carbocycles. The Morgan fingerprint density at radius 1 is 1.20 bits per heavy atom. The Morgan fingerprint density at radius 2 is 1.75 bits per heavy atom. The molecule has 0 unspecified atom stereocenters. The number of likely N-dealkylation sites (tertiary alicyclic amines) is 1. The van der Waals surface area contributed by atoms with E-state index in [2.05, 4.69) is 0 Å². The normalized spacial score (nSPS) is 16.9. The molecule has 0 atom stereocenters. The molecule has 0 aromatic rings. The Balaban J connectivity index is 2.47. The molecule has 1 aliphatic rings. The summed E-state index contributed by atoms with van der Waals surface area (Å²) in [6, 6.07) is 0. The summed E-state index contributed by atoms with van der Waals surface area (Å²) < 4.78 is 4.70. The zero-order valence-corrected chi connectivity index (χ0v) is 12.3. The monoisotopic (exact) mass is 285 g/mol.